The summed E-state index contributed by atoms with van der Waals surface area (Å²) in [6.45, 7) is 0.473. The molecule has 0 unspecified atom stereocenters. The number of carbonyl (C=O) groups excluding carboxylic acids is 1. The smallest absolute Gasteiger partial charge is 0.271 e. The molecule has 9 heteroatoms. The van der Waals surface area contributed by atoms with Gasteiger partial charge in [-0.3, -0.25) is 4.79 Å². The highest BCUT2D eigenvalue weighted by molar-refractivity contribution is 5.96. The van der Waals surface area contributed by atoms with Gasteiger partial charge in [0.05, 0.1) is 13.7 Å². The molecule has 0 spiro atoms. The summed E-state index contributed by atoms with van der Waals surface area (Å²) in [4.78, 5) is 15.3. The molecule has 0 aliphatic heterocycles. The van der Waals surface area contributed by atoms with Gasteiger partial charge < -0.3 is 10.5 Å². The maximum Gasteiger partial charge on any atom is 0.271 e. The Bertz CT molecular complexity index is 795. The van der Waals surface area contributed by atoms with Crippen LogP contribution >= 0.6 is 0 Å². The zero-order valence-corrected chi connectivity index (χ0v) is 11.7. The molecule has 1 aromatic carbocycles. The predicted molar refractivity (Wildman–Crippen MR) is 76.0 cm³/mol. The summed E-state index contributed by atoms with van der Waals surface area (Å²) in [5, 5.41) is 14.2. The van der Waals surface area contributed by atoms with Crippen LogP contribution in [-0.2, 0) is 6.54 Å². The summed E-state index contributed by atoms with van der Waals surface area (Å²) >= 11 is 0. The summed E-state index contributed by atoms with van der Waals surface area (Å²) in [5.74, 6) is 0.0563. The van der Waals surface area contributed by atoms with Gasteiger partial charge in [0.2, 0.25) is 0 Å². The number of methoxy groups -OCH3 is 1. The molecule has 2 aromatic heterocycles. The van der Waals surface area contributed by atoms with Crippen LogP contribution in [0.15, 0.2) is 30.9 Å². The van der Waals surface area contributed by atoms with Crippen molar-refractivity contribution in [3.05, 3.63) is 42.1 Å². The number of benzene rings is 1. The first kappa shape index (κ1) is 13.7. The molecule has 1 amide bonds. The van der Waals surface area contributed by atoms with Gasteiger partial charge in [0, 0.05) is 11.1 Å². The van der Waals surface area contributed by atoms with Crippen molar-refractivity contribution in [1.82, 2.24) is 30.2 Å². The van der Waals surface area contributed by atoms with Gasteiger partial charge in [-0.1, -0.05) is 0 Å². The van der Waals surface area contributed by atoms with Crippen LogP contribution in [0.3, 0.4) is 0 Å². The minimum absolute atomic E-state index is 0.0943. The number of hydrogen-bond donors (Lipinski definition) is 2. The third-order valence-corrected chi connectivity index (χ3v) is 3.13. The topological polar surface area (TPSA) is 125 Å². The number of nitrogens with two attached hydrogens (primary N) is 1. The molecule has 3 aromatic rings. The zero-order valence-electron chi connectivity index (χ0n) is 11.7. The number of carbonyl (C=O) groups is 1. The third-order valence-electron chi connectivity index (χ3n) is 3.13. The minimum atomic E-state index is -0.641. The van der Waals surface area contributed by atoms with Gasteiger partial charge >= 0.3 is 0 Å². The van der Waals surface area contributed by atoms with Crippen LogP contribution in [0.2, 0.25) is 0 Å². The largest absolute Gasteiger partial charge is 0.496 e. The molecule has 2 heterocycles. The quantitative estimate of drug-likeness (QED) is 0.694. The Morgan fingerprint density at radius 1 is 1.41 bits per heavy atom. The molecule has 0 atom stereocenters. The lowest BCUT2D eigenvalue weighted by Crippen LogP contribution is -2.12. The summed E-state index contributed by atoms with van der Waals surface area (Å²) in [6, 6.07) is 5.43. The molecule has 0 fully saturated rings. The Labute approximate surface area is 125 Å². The molecular weight excluding hydrogens is 286 g/mol. The molecule has 9 nitrogen and oxygen atoms in total. The minimum Gasteiger partial charge on any atom is -0.496 e. The molecule has 0 saturated heterocycles. The van der Waals surface area contributed by atoms with Crippen molar-refractivity contribution in [3.63, 3.8) is 0 Å². The highest BCUT2D eigenvalue weighted by Gasteiger charge is 2.16. The molecule has 0 bridgehead atoms. The Morgan fingerprint density at radius 3 is 2.95 bits per heavy atom. The van der Waals surface area contributed by atoms with E-state index in [4.69, 9.17) is 10.5 Å². The van der Waals surface area contributed by atoms with E-state index in [-0.39, 0.29) is 5.69 Å². The SMILES string of the molecule is COc1ccc(-c2n[nH]nc2C(N)=O)cc1Cn1cncn1. The molecular formula is C13H13N7O2. The van der Waals surface area contributed by atoms with Gasteiger partial charge in [0.1, 0.15) is 24.1 Å². The lowest BCUT2D eigenvalue weighted by Gasteiger charge is -2.10. The van der Waals surface area contributed by atoms with E-state index < -0.39 is 5.91 Å². The standard InChI is InChI=1S/C13H13N7O2/c1-22-10-3-2-8(11-12(13(14)21)18-19-17-11)4-9(10)5-20-7-15-6-16-20/h2-4,6-7H,5H2,1H3,(H2,14,21)(H,17,18,19). The van der Waals surface area contributed by atoms with E-state index in [0.29, 0.717) is 23.6 Å². The van der Waals surface area contributed by atoms with Crippen LogP contribution in [-0.4, -0.2) is 43.2 Å². The first-order chi connectivity index (χ1) is 10.7. The molecule has 0 radical (unpaired) electrons. The van der Waals surface area contributed by atoms with Crippen molar-refractivity contribution in [2.24, 2.45) is 5.73 Å². The van der Waals surface area contributed by atoms with E-state index in [9.17, 15) is 4.79 Å². The summed E-state index contributed by atoms with van der Waals surface area (Å²) in [7, 11) is 1.59. The normalized spacial score (nSPS) is 10.6. The van der Waals surface area contributed by atoms with Crippen molar-refractivity contribution >= 4 is 5.91 Å². The Hall–Kier alpha value is -3.23. The monoisotopic (exact) mass is 299 g/mol. The van der Waals surface area contributed by atoms with Crippen molar-refractivity contribution in [2.75, 3.05) is 7.11 Å². The zero-order chi connectivity index (χ0) is 15.5. The van der Waals surface area contributed by atoms with E-state index in [0.717, 1.165) is 5.56 Å². The first-order valence-corrected chi connectivity index (χ1v) is 6.39. The van der Waals surface area contributed by atoms with E-state index in [1.807, 2.05) is 6.07 Å². The number of aromatic nitrogens is 6. The third kappa shape index (κ3) is 2.51. The van der Waals surface area contributed by atoms with Crippen molar-refractivity contribution in [3.8, 4) is 17.0 Å². The number of rotatable bonds is 5. The number of nitrogens with one attached hydrogen (secondary N) is 1. The molecule has 0 saturated carbocycles. The second kappa shape index (κ2) is 5.64. The molecule has 22 heavy (non-hydrogen) atoms. The summed E-state index contributed by atoms with van der Waals surface area (Å²) < 4.78 is 7.01. The summed E-state index contributed by atoms with van der Waals surface area (Å²) in [6.07, 6.45) is 3.07. The van der Waals surface area contributed by atoms with Gasteiger partial charge in [-0.2, -0.15) is 20.5 Å². The van der Waals surface area contributed by atoms with Gasteiger partial charge in [-0.15, -0.1) is 0 Å². The molecule has 3 rings (SSSR count). The van der Waals surface area contributed by atoms with Crippen LogP contribution in [0, 0.1) is 0 Å². The van der Waals surface area contributed by atoms with E-state index >= 15 is 0 Å². The second-order valence-corrected chi connectivity index (χ2v) is 4.50. The molecule has 0 aliphatic rings. The summed E-state index contributed by atoms with van der Waals surface area (Å²) in [5.41, 5.74) is 7.36. The van der Waals surface area contributed by atoms with Crippen LogP contribution in [0.1, 0.15) is 16.1 Å². The number of amides is 1. The maximum atomic E-state index is 11.4. The van der Waals surface area contributed by atoms with E-state index in [2.05, 4.69) is 25.5 Å². The van der Waals surface area contributed by atoms with Gasteiger partial charge in [-0.25, -0.2) is 9.67 Å². The van der Waals surface area contributed by atoms with E-state index in [1.165, 1.54) is 6.33 Å². The fourth-order valence-electron chi connectivity index (χ4n) is 2.14. The van der Waals surface area contributed by atoms with Crippen LogP contribution in [0.4, 0.5) is 0 Å². The predicted octanol–water partition coefficient (Wildman–Crippen LogP) is 0.219. The second-order valence-electron chi connectivity index (χ2n) is 4.50. The number of primary amides is 1. The number of hydrogen-bond acceptors (Lipinski definition) is 6. The molecule has 112 valence electrons. The van der Waals surface area contributed by atoms with E-state index in [1.54, 1.807) is 30.3 Å². The van der Waals surface area contributed by atoms with Gasteiger partial charge in [-0.05, 0) is 18.2 Å². The highest BCUT2D eigenvalue weighted by atomic mass is 16.5. The number of ether oxygens (including phenoxy) is 1. The van der Waals surface area contributed by atoms with Crippen molar-refractivity contribution in [1.29, 1.82) is 0 Å². The van der Waals surface area contributed by atoms with Gasteiger partial charge in [0.15, 0.2) is 5.69 Å². The Balaban J connectivity index is 2.03. The van der Waals surface area contributed by atoms with Crippen molar-refractivity contribution in [2.45, 2.75) is 6.54 Å². The first-order valence-electron chi connectivity index (χ1n) is 6.39. The van der Waals surface area contributed by atoms with Crippen LogP contribution < -0.4 is 10.5 Å². The van der Waals surface area contributed by atoms with Crippen LogP contribution in [0.25, 0.3) is 11.3 Å². The average Bonchev–Trinajstić information content (AvgIpc) is 3.18. The number of H-pyrrole nitrogens is 1. The lowest BCUT2D eigenvalue weighted by molar-refractivity contribution is 0.0996. The average molecular weight is 299 g/mol. The lowest BCUT2D eigenvalue weighted by atomic mass is 10.1. The van der Waals surface area contributed by atoms with Crippen molar-refractivity contribution < 1.29 is 9.53 Å². The Kier molecular flexibility index (Phi) is 3.52. The maximum absolute atomic E-state index is 11.4. The number of aromatic amines is 1. The number of nitrogens with zero attached hydrogens (tertiary/aromatic N) is 5. The fourth-order valence-corrected chi connectivity index (χ4v) is 2.14. The van der Waals surface area contributed by atoms with Crippen LogP contribution in [0.5, 0.6) is 5.75 Å². The molecule has 0 aliphatic carbocycles. The Morgan fingerprint density at radius 2 is 2.27 bits per heavy atom. The highest BCUT2D eigenvalue weighted by Crippen LogP contribution is 2.27. The van der Waals surface area contributed by atoms with Gasteiger partial charge in [0.25, 0.3) is 5.91 Å². The fraction of sp³-hybridized carbons (Fsp3) is 0.154. The molecule has 3 N–H and O–H groups in total.